The number of rotatable bonds is 6. The van der Waals surface area contributed by atoms with E-state index in [4.69, 9.17) is 4.74 Å². The third-order valence-corrected chi connectivity index (χ3v) is 5.67. The molecule has 0 N–H and O–H groups in total. The maximum Gasteiger partial charge on any atom is 0.269 e. The highest BCUT2D eigenvalue weighted by Gasteiger charge is 2.24. The molecule has 7 nitrogen and oxygen atoms in total. The van der Waals surface area contributed by atoms with Gasteiger partial charge in [-0.2, -0.15) is 0 Å². The van der Waals surface area contributed by atoms with Crippen molar-refractivity contribution in [2.24, 2.45) is 0 Å². The van der Waals surface area contributed by atoms with Crippen LogP contribution in [0.5, 0.6) is 11.5 Å². The van der Waals surface area contributed by atoms with Crippen molar-refractivity contribution in [3.05, 3.63) is 89.0 Å². The molecule has 3 aromatic rings. The van der Waals surface area contributed by atoms with E-state index >= 15 is 0 Å². The van der Waals surface area contributed by atoms with Crippen molar-refractivity contribution in [2.75, 3.05) is 11.4 Å². The van der Waals surface area contributed by atoms with Crippen molar-refractivity contribution in [2.45, 2.75) is 4.90 Å². The number of para-hydroxylation sites is 3. The Bertz CT molecular complexity index is 1050. The summed E-state index contributed by atoms with van der Waals surface area (Å²) in [6, 6.07) is 20.5. The van der Waals surface area contributed by atoms with E-state index in [1.165, 1.54) is 19.2 Å². The minimum atomic E-state index is -3.92. The lowest BCUT2D eigenvalue weighted by Gasteiger charge is -2.22. The largest absolute Gasteiger partial charge is 0.455 e. The van der Waals surface area contributed by atoms with E-state index in [1.54, 1.807) is 36.4 Å². The Morgan fingerprint density at radius 1 is 0.889 bits per heavy atom. The van der Waals surface area contributed by atoms with Gasteiger partial charge in [0.2, 0.25) is 0 Å². The van der Waals surface area contributed by atoms with Crippen molar-refractivity contribution >= 4 is 21.4 Å². The SMILES string of the molecule is CN(c1ccccc1Oc1ccccc1)S(=O)(=O)c1ccc([N+](=O)[O-])cc1. The van der Waals surface area contributed by atoms with Gasteiger partial charge in [0.1, 0.15) is 5.75 Å². The number of non-ortho nitro benzene ring substituents is 1. The number of sulfonamides is 1. The molecule has 27 heavy (non-hydrogen) atoms. The fraction of sp³-hybridized carbons (Fsp3) is 0.0526. The van der Waals surface area contributed by atoms with Crippen LogP contribution < -0.4 is 9.04 Å². The van der Waals surface area contributed by atoms with Crippen LogP contribution in [0.15, 0.2) is 83.8 Å². The van der Waals surface area contributed by atoms with Gasteiger partial charge < -0.3 is 4.74 Å². The van der Waals surface area contributed by atoms with Crippen LogP contribution in [0.3, 0.4) is 0 Å². The number of anilines is 1. The van der Waals surface area contributed by atoms with Gasteiger partial charge in [-0.1, -0.05) is 30.3 Å². The number of hydrogen-bond acceptors (Lipinski definition) is 5. The van der Waals surface area contributed by atoms with Crippen molar-refractivity contribution < 1.29 is 18.1 Å². The normalized spacial score (nSPS) is 11.0. The topological polar surface area (TPSA) is 89.8 Å². The summed E-state index contributed by atoms with van der Waals surface area (Å²) in [6.45, 7) is 0. The van der Waals surface area contributed by atoms with Gasteiger partial charge in [-0.3, -0.25) is 14.4 Å². The van der Waals surface area contributed by atoms with Gasteiger partial charge in [0.15, 0.2) is 5.75 Å². The average Bonchev–Trinajstić information content (AvgIpc) is 2.68. The molecule has 0 unspecified atom stereocenters. The van der Waals surface area contributed by atoms with Gasteiger partial charge >= 0.3 is 0 Å². The second-order valence-electron chi connectivity index (χ2n) is 5.61. The Balaban J connectivity index is 1.95. The highest BCUT2D eigenvalue weighted by atomic mass is 32.2. The Morgan fingerprint density at radius 2 is 1.48 bits per heavy atom. The first-order valence-corrected chi connectivity index (χ1v) is 9.39. The average molecular weight is 384 g/mol. The zero-order valence-electron chi connectivity index (χ0n) is 14.3. The van der Waals surface area contributed by atoms with Gasteiger partial charge in [0.05, 0.1) is 15.5 Å². The third-order valence-electron chi connectivity index (χ3n) is 3.88. The second-order valence-corrected chi connectivity index (χ2v) is 7.58. The first-order valence-electron chi connectivity index (χ1n) is 7.95. The van der Waals surface area contributed by atoms with Crippen molar-refractivity contribution in [1.82, 2.24) is 0 Å². The van der Waals surface area contributed by atoms with E-state index < -0.39 is 14.9 Å². The minimum absolute atomic E-state index is 0.0508. The molecule has 138 valence electrons. The first kappa shape index (κ1) is 18.4. The summed E-state index contributed by atoms with van der Waals surface area (Å²) in [6.07, 6.45) is 0. The molecule has 0 heterocycles. The Labute approximate surface area is 156 Å². The summed E-state index contributed by atoms with van der Waals surface area (Å²) >= 11 is 0. The summed E-state index contributed by atoms with van der Waals surface area (Å²) in [5.41, 5.74) is 0.170. The fourth-order valence-electron chi connectivity index (χ4n) is 2.45. The highest BCUT2D eigenvalue weighted by molar-refractivity contribution is 7.92. The number of hydrogen-bond donors (Lipinski definition) is 0. The molecule has 0 radical (unpaired) electrons. The smallest absolute Gasteiger partial charge is 0.269 e. The van der Waals surface area contributed by atoms with Crippen LogP contribution in [0.4, 0.5) is 11.4 Å². The molecule has 3 rings (SSSR count). The van der Waals surface area contributed by atoms with Crippen LogP contribution in [0.2, 0.25) is 0 Å². The van der Waals surface area contributed by atoms with Crippen LogP contribution >= 0.6 is 0 Å². The molecule has 0 aliphatic carbocycles. The highest BCUT2D eigenvalue weighted by Crippen LogP contribution is 2.34. The number of ether oxygens (including phenoxy) is 1. The monoisotopic (exact) mass is 384 g/mol. The third kappa shape index (κ3) is 3.90. The lowest BCUT2D eigenvalue weighted by atomic mass is 10.3. The van der Waals surface area contributed by atoms with Gasteiger partial charge in [-0.05, 0) is 36.4 Å². The quantitative estimate of drug-likeness (QED) is 0.469. The summed E-state index contributed by atoms with van der Waals surface area (Å²) < 4.78 is 32.7. The zero-order chi connectivity index (χ0) is 19.4. The number of nitro benzene ring substituents is 1. The lowest BCUT2D eigenvalue weighted by molar-refractivity contribution is -0.384. The molecule has 0 saturated carbocycles. The maximum atomic E-state index is 12.9. The first-order chi connectivity index (χ1) is 12.9. The summed E-state index contributed by atoms with van der Waals surface area (Å²) in [7, 11) is -2.51. The summed E-state index contributed by atoms with van der Waals surface area (Å²) in [4.78, 5) is 10.1. The number of benzene rings is 3. The molecule has 0 aromatic heterocycles. The molecule has 0 spiro atoms. The standard InChI is InChI=1S/C19H16N2O5S/c1-20(27(24,25)17-13-11-15(12-14-17)21(22)23)18-9-5-6-10-19(18)26-16-7-3-2-4-8-16/h2-14H,1H3. The molecule has 0 fully saturated rings. The Morgan fingerprint density at radius 3 is 2.11 bits per heavy atom. The van der Waals surface area contributed by atoms with Gasteiger partial charge in [-0.25, -0.2) is 8.42 Å². The molecular weight excluding hydrogens is 368 g/mol. The van der Waals surface area contributed by atoms with Crippen molar-refractivity contribution in [1.29, 1.82) is 0 Å². The maximum absolute atomic E-state index is 12.9. The van der Waals surface area contributed by atoms with Crippen LogP contribution in [-0.2, 0) is 10.0 Å². The van der Waals surface area contributed by atoms with Crippen molar-refractivity contribution in [3.63, 3.8) is 0 Å². The molecule has 8 heteroatoms. The fourth-order valence-corrected chi connectivity index (χ4v) is 3.65. The van der Waals surface area contributed by atoms with E-state index in [2.05, 4.69) is 0 Å². The molecule has 3 aromatic carbocycles. The molecule has 0 bridgehead atoms. The molecule has 0 aliphatic rings. The van der Waals surface area contributed by atoms with Crippen LogP contribution in [0.1, 0.15) is 0 Å². The van der Waals surface area contributed by atoms with E-state index in [0.29, 0.717) is 17.2 Å². The molecule has 0 atom stereocenters. The number of nitrogens with zero attached hydrogens (tertiary/aromatic N) is 2. The van der Waals surface area contributed by atoms with Crippen LogP contribution in [0.25, 0.3) is 0 Å². The molecule has 0 amide bonds. The van der Waals surface area contributed by atoms with Gasteiger partial charge in [0, 0.05) is 19.2 Å². The van der Waals surface area contributed by atoms with Gasteiger partial charge in [-0.15, -0.1) is 0 Å². The van der Waals surface area contributed by atoms with Crippen LogP contribution in [-0.4, -0.2) is 20.4 Å². The predicted octanol–water partition coefficient (Wildman–Crippen LogP) is 4.21. The Hall–Kier alpha value is -3.39. The minimum Gasteiger partial charge on any atom is -0.455 e. The lowest BCUT2D eigenvalue weighted by Crippen LogP contribution is -2.26. The second kappa shape index (κ2) is 7.46. The van der Waals surface area contributed by atoms with E-state index in [1.807, 2.05) is 18.2 Å². The van der Waals surface area contributed by atoms with E-state index in [9.17, 15) is 18.5 Å². The van der Waals surface area contributed by atoms with Crippen molar-refractivity contribution in [3.8, 4) is 11.5 Å². The van der Waals surface area contributed by atoms with Gasteiger partial charge in [0.25, 0.3) is 15.7 Å². The molecule has 0 aliphatic heterocycles. The predicted molar refractivity (Wildman–Crippen MR) is 102 cm³/mol. The zero-order valence-corrected chi connectivity index (χ0v) is 15.2. The molecule has 0 saturated heterocycles. The molecular formula is C19H16N2O5S. The van der Waals surface area contributed by atoms with Crippen LogP contribution in [0, 0.1) is 10.1 Å². The summed E-state index contributed by atoms with van der Waals surface area (Å²) in [5.74, 6) is 0.947. The number of nitro groups is 1. The summed E-state index contributed by atoms with van der Waals surface area (Å²) in [5, 5.41) is 10.8. The van der Waals surface area contributed by atoms with E-state index in [-0.39, 0.29) is 10.6 Å². The van der Waals surface area contributed by atoms with E-state index in [0.717, 1.165) is 16.4 Å². The Kier molecular flexibility index (Phi) is 5.09.